The van der Waals surface area contributed by atoms with Gasteiger partial charge in [0.15, 0.2) is 0 Å². The Morgan fingerprint density at radius 1 is 1.38 bits per heavy atom. The molecule has 1 unspecified atom stereocenters. The van der Waals surface area contributed by atoms with Gasteiger partial charge in [-0.05, 0) is 25.5 Å². The van der Waals surface area contributed by atoms with Gasteiger partial charge in [-0.3, -0.25) is 15.0 Å². The number of anilines is 1. The number of aromatic nitrogens is 1. The summed E-state index contributed by atoms with van der Waals surface area (Å²) in [6.45, 7) is 8.03. The van der Waals surface area contributed by atoms with Gasteiger partial charge in [-0.25, -0.2) is 4.98 Å². The Morgan fingerprint density at radius 2 is 2.14 bits per heavy atom. The molecule has 1 aromatic rings. The molecule has 3 rings (SSSR count). The lowest BCUT2D eigenvalue weighted by atomic mass is 10.1. The zero-order chi connectivity index (χ0) is 14.8. The molecule has 0 aromatic carbocycles. The van der Waals surface area contributed by atoms with Crippen molar-refractivity contribution < 1.29 is 4.92 Å². The molecule has 114 valence electrons. The Morgan fingerprint density at radius 3 is 2.71 bits per heavy atom. The molecule has 1 aromatic heterocycles. The first-order valence-electron chi connectivity index (χ1n) is 7.46. The molecule has 3 heterocycles. The molecule has 0 radical (unpaired) electrons. The molecule has 0 amide bonds. The van der Waals surface area contributed by atoms with Crippen molar-refractivity contribution in [2.45, 2.75) is 19.4 Å². The number of nitrogens with one attached hydrogen (secondary N) is 1. The van der Waals surface area contributed by atoms with Crippen molar-refractivity contribution in [2.75, 3.05) is 44.2 Å². The molecule has 2 fully saturated rings. The minimum absolute atomic E-state index is 0.0620. The van der Waals surface area contributed by atoms with E-state index in [0.717, 1.165) is 50.6 Å². The van der Waals surface area contributed by atoms with Crippen LogP contribution >= 0.6 is 0 Å². The number of nitrogens with zero attached hydrogens (tertiary/aromatic N) is 4. The van der Waals surface area contributed by atoms with Crippen LogP contribution in [0, 0.1) is 17.0 Å². The van der Waals surface area contributed by atoms with Gasteiger partial charge >= 0.3 is 0 Å². The van der Waals surface area contributed by atoms with Gasteiger partial charge in [0.25, 0.3) is 5.69 Å². The fourth-order valence-electron chi connectivity index (χ4n) is 3.23. The monoisotopic (exact) mass is 291 g/mol. The lowest BCUT2D eigenvalue weighted by Crippen LogP contribution is -2.51. The van der Waals surface area contributed by atoms with Crippen LogP contribution in [-0.4, -0.2) is 60.1 Å². The highest BCUT2D eigenvalue weighted by Crippen LogP contribution is 2.23. The van der Waals surface area contributed by atoms with Crippen LogP contribution in [0.25, 0.3) is 0 Å². The first-order valence-corrected chi connectivity index (χ1v) is 7.46. The van der Waals surface area contributed by atoms with Gasteiger partial charge in [-0.2, -0.15) is 0 Å². The van der Waals surface area contributed by atoms with Gasteiger partial charge in [0.1, 0.15) is 12.0 Å². The largest absolute Gasteiger partial charge is 0.354 e. The molecule has 0 bridgehead atoms. The summed E-state index contributed by atoms with van der Waals surface area (Å²) in [5.41, 5.74) is 0.937. The van der Waals surface area contributed by atoms with Gasteiger partial charge in [-0.15, -0.1) is 0 Å². The normalized spacial score (nSPS) is 23.5. The van der Waals surface area contributed by atoms with E-state index in [1.165, 1.54) is 12.6 Å². The number of piperazine rings is 1. The van der Waals surface area contributed by atoms with E-state index in [-0.39, 0.29) is 5.69 Å². The van der Waals surface area contributed by atoms with E-state index in [9.17, 15) is 10.1 Å². The summed E-state index contributed by atoms with van der Waals surface area (Å²) in [5, 5.41) is 14.2. The zero-order valence-corrected chi connectivity index (χ0v) is 12.3. The second-order valence-corrected chi connectivity index (χ2v) is 5.76. The average Bonchev–Trinajstić information content (AvgIpc) is 3.01. The van der Waals surface area contributed by atoms with E-state index in [2.05, 4.69) is 20.1 Å². The van der Waals surface area contributed by atoms with Crippen LogP contribution in [-0.2, 0) is 0 Å². The number of aryl methyl sites for hydroxylation is 1. The lowest BCUT2D eigenvalue weighted by molar-refractivity contribution is -0.385. The van der Waals surface area contributed by atoms with Crippen LogP contribution in [0.4, 0.5) is 11.5 Å². The van der Waals surface area contributed by atoms with Crippen molar-refractivity contribution in [3.63, 3.8) is 0 Å². The minimum atomic E-state index is -0.394. The smallest absolute Gasteiger partial charge is 0.287 e. The molecule has 2 aliphatic heterocycles. The predicted octanol–water partition coefficient (Wildman–Crippen LogP) is 0.782. The van der Waals surface area contributed by atoms with Crippen molar-refractivity contribution in [1.29, 1.82) is 0 Å². The van der Waals surface area contributed by atoms with Gasteiger partial charge in [0, 0.05) is 44.8 Å². The summed E-state index contributed by atoms with van der Waals surface area (Å²) < 4.78 is 0. The Kier molecular flexibility index (Phi) is 4.03. The molecular formula is C14H21N5O2. The maximum atomic E-state index is 10.8. The van der Waals surface area contributed by atoms with Crippen LogP contribution in [0.15, 0.2) is 12.3 Å². The summed E-state index contributed by atoms with van der Waals surface area (Å²) in [4.78, 5) is 19.4. The lowest BCUT2D eigenvalue weighted by Gasteiger charge is -2.38. The number of hydrogen-bond acceptors (Lipinski definition) is 6. The van der Waals surface area contributed by atoms with Crippen LogP contribution in [0.5, 0.6) is 0 Å². The summed E-state index contributed by atoms with van der Waals surface area (Å²) in [7, 11) is 0. The Balaban J connectivity index is 1.65. The van der Waals surface area contributed by atoms with Crippen molar-refractivity contribution >= 4 is 11.5 Å². The first kappa shape index (κ1) is 14.2. The molecule has 1 atom stereocenters. The second kappa shape index (κ2) is 5.95. The van der Waals surface area contributed by atoms with Crippen LogP contribution in [0.1, 0.15) is 12.0 Å². The van der Waals surface area contributed by atoms with E-state index < -0.39 is 4.92 Å². The van der Waals surface area contributed by atoms with Crippen LogP contribution in [0.3, 0.4) is 0 Å². The Hall–Kier alpha value is -1.73. The highest BCUT2D eigenvalue weighted by molar-refractivity contribution is 5.50. The first-order chi connectivity index (χ1) is 10.1. The summed E-state index contributed by atoms with van der Waals surface area (Å²) in [6.07, 6.45) is 2.59. The molecule has 7 heteroatoms. The molecule has 1 N–H and O–H groups in total. The molecule has 2 saturated heterocycles. The van der Waals surface area contributed by atoms with E-state index >= 15 is 0 Å². The van der Waals surface area contributed by atoms with Crippen molar-refractivity contribution in [1.82, 2.24) is 15.2 Å². The van der Waals surface area contributed by atoms with Crippen LogP contribution in [0.2, 0.25) is 0 Å². The van der Waals surface area contributed by atoms with E-state index in [0.29, 0.717) is 6.04 Å². The van der Waals surface area contributed by atoms with Crippen molar-refractivity contribution in [3.8, 4) is 0 Å². The molecule has 7 nitrogen and oxygen atoms in total. The van der Waals surface area contributed by atoms with E-state index in [1.54, 1.807) is 6.07 Å². The topological polar surface area (TPSA) is 74.5 Å². The molecule has 2 aliphatic rings. The second-order valence-electron chi connectivity index (χ2n) is 5.76. The molecule has 21 heavy (non-hydrogen) atoms. The van der Waals surface area contributed by atoms with Gasteiger partial charge < -0.3 is 10.2 Å². The predicted molar refractivity (Wildman–Crippen MR) is 80.7 cm³/mol. The van der Waals surface area contributed by atoms with Gasteiger partial charge in [0.2, 0.25) is 0 Å². The van der Waals surface area contributed by atoms with Gasteiger partial charge in [-0.1, -0.05) is 0 Å². The maximum absolute atomic E-state index is 10.8. The summed E-state index contributed by atoms with van der Waals surface area (Å²) in [6, 6.07) is 2.27. The maximum Gasteiger partial charge on any atom is 0.287 e. The summed E-state index contributed by atoms with van der Waals surface area (Å²) >= 11 is 0. The van der Waals surface area contributed by atoms with Crippen LogP contribution < -0.4 is 10.2 Å². The van der Waals surface area contributed by atoms with E-state index in [4.69, 9.17) is 0 Å². The Bertz CT molecular complexity index is 522. The van der Waals surface area contributed by atoms with Crippen molar-refractivity contribution in [2.24, 2.45) is 0 Å². The van der Waals surface area contributed by atoms with Gasteiger partial charge in [0.05, 0.1) is 4.92 Å². The zero-order valence-electron chi connectivity index (χ0n) is 12.3. The fourth-order valence-corrected chi connectivity index (χ4v) is 3.23. The quantitative estimate of drug-likeness (QED) is 0.655. The Labute approximate surface area is 124 Å². The average molecular weight is 291 g/mol. The standard InChI is InChI=1S/C14H21N5O2/c1-11-8-13(19(20)21)10-16-14(11)18-6-4-17(5-7-18)12-2-3-15-9-12/h8,10,12,15H,2-7,9H2,1H3. The fraction of sp³-hybridized carbons (Fsp3) is 0.643. The highest BCUT2D eigenvalue weighted by atomic mass is 16.6. The van der Waals surface area contributed by atoms with E-state index in [1.807, 2.05) is 6.92 Å². The highest BCUT2D eigenvalue weighted by Gasteiger charge is 2.27. The molecule has 0 saturated carbocycles. The third-order valence-electron chi connectivity index (χ3n) is 4.41. The number of nitro groups is 1. The summed E-state index contributed by atoms with van der Waals surface area (Å²) in [5.74, 6) is 0.879. The third kappa shape index (κ3) is 2.98. The third-order valence-corrected chi connectivity index (χ3v) is 4.41. The number of rotatable bonds is 3. The number of hydrogen-bond donors (Lipinski definition) is 1. The molecule has 0 spiro atoms. The van der Waals surface area contributed by atoms with Crippen molar-refractivity contribution in [3.05, 3.63) is 27.9 Å². The minimum Gasteiger partial charge on any atom is -0.354 e. The number of pyridine rings is 1. The molecule has 0 aliphatic carbocycles. The molecular weight excluding hydrogens is 270 g/mol. The SMILES string of the molecule is Cc1cc([N+](=O)[O-])cnc1N1CCN(C2CCNC2)CC1.